The standard InChI is InChI=1S/C7H15NO.BF4/c1-2-3-8-4-6-9-7-5-8;2-1(3,4)5/h2-7H2,1H3;/q;-1. The van der Waals surface area contributed by atoms with E-state index in [1.807, 2.05) is 0 Å². The molecule has 0 aliphatic carbocycles. The molecule has 1 aliphatic rings. The van der Waals surface area contributed by atoms with Crippen molar-refractivity contribution in [1.29, 1.82) is 0 Å². The van der Waals surface area contributed by atoms with Crippen LogP contribution in [0.3, 0.4) is 0 Å². The summed E-state index contributed by atoms with van der Waals surface area (Å²) in [5, 5.41) is 0. The largest absolute Gasteiger partial charge is 0.673 e. The second-order valence-corrected chi connectivity index (χ2v) is 2.95. The van der Waals surface area contributed by atoms with Crippen LogP contribution in [0.15, 0.2) is 0 Å². The van der Waals surface area contributed by atoms with Gasteiger partial charge in [-0.2, -0.15) is 0 Å². The summed E-state index contributed by atoms with van der Waals surface area (Å²) in [7, 11) is -6.00. The summed E-state index contributed by atoms with van der Waals surface area (Å²) in [5.74, 6) is 0. The minimum atomic E-state index is -6.00. The molecular weight excluding hydrogens is 201 g/mol. The minimum absolute atomic E-state index is 0.931. The second-order valence-electron chi connectivity index (χ2n) is 2.95. The molecule has 0 spiro atoms. The Labute approximate surface area is 81.3 Å². The Hall–Kier alpha value is -0.295. The molecule has 0 aromatic carbocycles. The zero-order valence-corrected chi connectivity index (χ0v) is 8.19. The number of hydrogen-bond donors (Lipinski definition) is 0. The summed E-state index contributed by atoms with van der Waals surface area (Å²) >= 11 is 0. The molecule has 7 heteroatoms. The third-order valence-electron chi connectivity index (χ3n) is 1.64. The van der Waals surface area contributed by atoms with Crippen molar-refractivity contribution >= 4 is 7.25 Å². The highest BCUT2D eigenvalue weighted by molar-refractivity contribution is 6.50. The fourth-order valence-electron chi connectivity index (χ4n) is 1.14. The first-order valence-corrected chi connectivity index (χ1v) is 4.61. The molecule has 0 aromatic rings. The van der Waals surface area contributed by atoms with Gasteiger partial charge in [0.2, 0.25) is 0 Å². The van der Waals surface area contributed by atoms with Crippen molar-refractivity contribution in [3.8, 4) is 0 Å². The van der Waals surface area contributed by atoms with Gasteiger partial charge in [-0.05, 0) is 13.0 Å². The van der Waals surface area contributed by atoms with Crippen LogP contribution < -0.4 is 0 Å². The van der Waals surface area contributed by atoms with Crippen molar-refractivity contribution in [2.24, 2.45) is 0 Å². The van der Waals surface area contributed by atoms with E-state index in [0.29, 0.717) is 0 Å². The van der Waals surface area contributed by atoms with Gasteiger partial charge in [0.15, 0.2) is 0 Å². The first-order chi connectivity index (χ1) is 6.43. The molecule has 1 saturated heterocycles. The van der Waals surface area contributed by atoms with Crippen molar-refractivity contribution in [2.75, 3.05) is 32.8 Å². The molecule has 0 radical (unpaired) electrons. The van der Waals surface area contributed by atoms with Crippen molar-refractivity contribution in [3.63, 3.8) is 0 Å². The second kappa shape index (κ2) is 7.06. The Morgan fingerprint density at radius 2 is 1.57 bits per heavy atom. The van der Waals surface area contributed by atoms with Crippen LogP contribution in [0.4, 0.5) is 17.3 Å². The smallest absolute Gasteiger partial charge is 0.418 e. The molecule has 0 N–H and O–H groups in total. The summed E-state index contributed by atoms with van der Waals surface area (Å²) in [4.78, 5) is 2.45. The number of ether oxygens (including phenoxy) is 1. The maximum atomic E-state index is 9.75. The van der Waals surface area contributed by atoms with Gasteiger partial charge in [-0.3, -0.25) is 4.90 Å². The van der Waals surface area contributed by atoms with E-state index in [1.165, 1.54) is 13.0 Å². The van der Waals surface area contributed by atoms with Gasteiger partial charge in [0.1, 0.15) is 0 Å². The van der Waals surface area contributed by atoms with Gasteiger partial charge in [-0.15, -0.1) is 0 Å². The average Bonchev–Trinajstić information content (AvgIpc) is 2.03. The molecule has 1 rings (SSSR count). The lowest BCUT2D eigenvalue weighted by atomic mass is 10.3. The molecule has 0 unspecified atom stereocenters. The van der Waals surface area contributed by atoms with E-state index in [1.54, 1.807) is 0 Å². The molecule has 1 aliphatic heterocycles. The molecule has 1 fully saturated rings. The Morgan fingerprint density at radius 3 is 1.93 bits per heavy atom. The van der Waals surface area contributed by atoms with Crippen LogP contribution in [0.5, 0.6) is 0 Å². The lowest BCUT2D eigenvalue weighted by molar-refractivity contribution is 0.0380. The van der Waals surface area contributed by atoms with Gasteiger partial charge >= 0.3 is 7.25 Å². The highest BCUT2D eigenvalue weighted by Crippen LogP contribution is 2.06. The van der Waals surface area contributed by atoms with Crippen molar-refractivity contribution < 1.29 is 22.0 Å². The molecule has 0 bridgehead atoms. The molecule has 86 valence electrons. The average molecular weight is 216 g/mol. The van der Waals surface area contributed by atoms with Gasteiger partial charge in [0.05, 0.1) is 13.2 Å². The van der Waals surface area contributed by atoms with Crippen LogP contribution in [0, 0.1) is 0 Å². The molecule has 1 heterocycles. The van der Waals surface area contributed by atoms with Gasteiger partial charge < -0.3 is 22.0 Å². The first-order valence-electron chi connectivity index (χ1n) is 4.61. The Bertz CT molecular complexity index is 129. The fourth-order valence-corrected chi connectivity index (χ4v) is 1.14. The van der Waals surface area contributed by atoms with Gasteiger partial charge in [0, 0.05) is 13.1 Å². The Kier molecular flexibility index (Phi) is 6.91. The molecule has 0 saturated carbocycles. The molecule has 0 atom stereocenters. The predicted octanol–water partition coefficient (Wildman–Crippen LogP) is 2.03. The van der Waals surface area contributed by atoms with Crippen LogP contribution in [-0.2, 0) is 4.74 Å². The van der Waals surface area contributed by atoms with E-state index >= 15 is 0 Å². The summed E-state index contributed by atoms with van der Waals surface area (Å²) in [5.41, 5.74) is 0. The number of nitrogens with zero attached hydrogens (tertiary/aromatic N) is 1. The van der Waals surface area contributed by atoms with E-state index in [0.717, 1.165) is 26.3 Å². The first kappa shape index (κ1) is 13.7. The number of morpholine rings is 1. The Morgan fingerprint density at radius 1 is 1.14 bits per heavy atom. The van der Waals surface area contributed by atoms with Crippen LogP contribution in [0.1, 0.15) is 13.3 Å². The highest BCUT2D eigenvalue weighted by atomic mass is 19.5. The van der Waals surface area contributed by atoms with E-state index in [2.05, 4.69) is 11.8 Å². The quantitative estimate of drug-likeness (QED) is 0.517. The van der Waals surface area contributed by atoms with E-state index in [4.69, 9.17) is 4.74 Å². The summed E-state index contributed by atoms with van der Waals surface area (Å²) in [6.45, 7) is 7.58. The Balaban J connectivity index is 0.000000292. The maximum Gasteiger partial charge on any atom is 0.673 e. The minimum Gasteiger partial charge on any atom is -0.418 e. The van der Waals surface area contributed by atoms with Gasteiger partial charge in [-0.1, -0.05) is 6.92 Å². The van der Waals surface area contributed by atoms with Crippen LogP contribution in [0.2, 0.25) is 0 Å². The van der Waals surface area contributed by atoms with Crippen LogP contribution >= 0.6 is 0 Å². The summed E-state index contributed by atoms with van der Waals surface area (Å²) < 4.78 is 44.2. The lowest BCUT2D eigenvalue weighted by Gasteiger charge is -2.25. The normalized spacial score (nSPS) is 18.6. The number of rotatable bonds is 2. The molecule has 0 amide bonds. The van der Waals surface area contributed by atoms with E-state index < -0.39 is 7.25 Å². The molecule has 2 nitrogen and oxygen atoms in total. The van der Waals surface area contributed by atoms with Crippen LogP contribution in [0.25, 0.3) is 0 Å². The highest BCUT2D eigenvalue weighted by Gasteiger charge is 2.20. The SMILES string of the molecule is CCCN1CCOCC1.F[B-](F)(F)F. The maximum absolute atomic E-state index is 9.75. The number of halogens is 4. The van der Waals surface area contributed by atoms with Crippen molar-refractivity contribution in [3.05, 3.63) is 0 Å². The van der Waals surface area contributed by atoms with Gasteiger partial charge in [-0.25, -0.2) is 0 Å². The van der Waals surface area contributed by atoms with E-state index in [-0.39, 0.29) is 0 Å². The zero-order chi connectivity index (χ0) is 11.0. The molecule has 0 aromatic heterocycles. The van der Waals surface area contributed by atoms with Crippen molar-refractivity contribution in [1.82, 2.24) is 4.90 Å². The number of hydrogen-bond acceptors (Lipinski definition) is 2. The molecular formula is C7H15BF4NO-. The third kappa shape index (κ3) is 11.7. The monoisotopic (exact) mass is 216 g/mol. The lowest BCUT2D eigenvalue weighted by Crippen LogP contribution is -2.36. The van der Waals surface area contributed by atoms with E-state index in [9.17, 15) is 17.3 Å². The third-order valence-corrected chi connectivity index (χ3v) is 1.64. The van der Waals surface area contributed by atoms with Gasteiger partial charge in [0.25, 0.3) is 0 Å². The topological polar surface area (TPSA) is 12.5 Å². The fraction of sp³-hybridized carbons (Fsp3) is 1.00. The summed E-state index contributed by atoms with van der Waals surface area (Å²) in [6, 6.07) is 0. The zero-order valence-electron chi connectivity index (χ0n) is 8.19. The van der Waals surface area contributed by atoms with Crippen molar-refractivity contribution in [2.45, 2.75) is 13.3 Å². The predicted molar refractivity (Wildman–Crippen MR) is 47.7 cm³/mol. The summed E-state index contributed by atoms with van der Waals surface area (Å²) in [6.07, 6.45) is 1.26. The molecule has 14 heavy (non-hydrogen) atoms. The van der Waals surface area contributed by atoms with Crippen LogP contribution in [-0.4, -0.2) is 45.0 Å².